The third-order valence-electron chi connectivity index (χ3n) is 17.1. The third kappa shape index (κ3) is 12.2. The number of piperidine rings is 2. The minimum absolute atomic E-state index is 0.0578. The van der Waals surface area contributed by atoms with Gasteiger partial charge in [0.05, 0.1) is 12.4 Å². The molecule has 2 saturated heterocycles. The number of benzene rings is 2. The number of aromatic nitrogens is 12. The lowest BCUT2D eigenvalue weighted by Crippen LogP contribution is -2.38. The Hall–Kier alpha value is -9.44. The SMILES string of the molecule is O=C(NCC1(c2ccccn2)C2CCN(c3nc4ncc(Sc5cccnc5C(F)(F)F)nc4[nH]3)CC21)OCc1ccccc1.O=C(O)N(Cc1ccccc1)CC1(c2ccccn2)C2CCN(c3nc4ncc(Sc5cccnc5C(F)(F)F)nc4[nH]3)CC21. The van der Waals surface area contributed by atoms with E-state index in [2.05, 4.69) is 69.9 Å². The zero-order chi connectivity index (χ0) is 62.2. The van der Waals surface area contributed by atoms with Gasteiger partial charge in [0.2, 0.25) is 11.9 Å². The maximum Gasteiger partial charge on any atom is 0.434 e. The van der Waals surface area contributed by atoms with Crippen LogP contribution in [0.2, 0.25) is 0 Å². The Morgan fingerprint density at radius 3 is 1.57 bits per heavy atom. The summed E-state index contributed by atoms with van der Waals surface area (Å²) in [6, 6.07) is 36.3. The van der Waals surface area contributed by atoms with Crippen LogP contribution in [0.25, 0.3) is 22.6 Å². The normalized spacial score (nSPS) is 21.0. The highest BCUT2D eigenvalue weighted by molar-refractivity contribution is 7.99. The molecule has 2 aromatic carbocycles. The Morgan fingerprint density at radius 1 is 0.589 bits per heavy atom. The van der Waals surface area contributed by atoms with Crippen LogP contribution in [-0.2, 0) is 41.1 Å². The van der Waals surface area contributed by atoms with Gasteiger partial charge in [-0.05, 0) is 96.2 Å². The van der Waals surface area contributed by atoms with E-state index in [9.17, 15) is 41.0 Å². The average molecular weight is 1270 g/mol. The fourth-order valence-corrected chi connectivity index (χ4v) is 14.6. The van der Waals surface area contributed by atoms with E-state index in [1.165, 1.54) is 41.6 Å². The van der Waals surface area contributed by atoms with Crippen LogP contribution in [0.1, 0.15) is 46.7 Å². The van der Waals surface area contributed by atoms with Crippen LogP contribution in [-0.4, -0.2) is 121 Å². The van der Waals surface area contributed by atoms with Gasteiger partial charge in [0.1, 0.15) is 16.7 Å². The zero-order valence-electron chi connectivity index (χ0n) is 47.5. The highest BCUT2D eigenvalue weighted by Gasteiger charge is 2.69. The summed E-state index contributed by atoms with van der Waals surface area (Å²) in [5, 5.41) is 13.7. The maximum absolute atomic E-state index is 13.4. The first-order valence-electron chi connectivity index (χ1n) is 28.7. The lowest BCUT2D eigenvalue weighted by molar-refractivity contribution is -0.144. The molecule has 0 bridgehead atoms. The van der Waals surface area contributed by atoms with E-state index in [-0.39, 0.29) is 56.2 Å². The van der Waals surface area contributed by atoms with Gasteiger partial charge in [0, 0.05) is 103 Å². The molecular weight excluding hydrogens is 1210 g/mol. The van der Waals surface area contributed by atoms with Crippen molar-refractivity contribution in [1.82, 2.24) is 70.0 Å². The number of fused-ring (bicyclic) bond motifs is 4. The maximum atomic E-state index is 13.4. The zero-order valence-corrected chi connectivity index (χ0v) is 49.1. The smallest absolute Gasteiger partial charge is 0.434 e. The van der Waals surface area contributed by atoms with Crippen LogP contribution < -0.4 is 15.1 Å². The number of imidazole rings is 2. The molecule has 8 aromatic heterocycles. The number of aromatic amines is 2. The van der Waals surface area contributed by atoms with Crippen molar-refractivity contribution in [2.45, 2.75) is 69.0 Å². The summed E-state index contributed by atoms with van der Waals surface area (Å²) in [4.78, 5) is 80.5. The molecule has 2 aliphatic heterocycles. The third-order valence-corrected chi connectivity index (χ3v) is 19.0. The van der Waals surface area contributed by atoms with Gasteiger partial charge in [0.25, 0.3) is 0 Å². The highest BCUT2D eigenvalue weighted by Crippen LogP contribution is 2.64. The number of carbonyl (C=O) groups excluding carboxylic acids is 1. The topological polar surface area (TPSA) is 246 Å². The van der Waals surface area contributed by atoms with E-state index in [0.29, 0.717) is 79.7 Å². The van der Waals surface area contributed by atoms with Gasteiger partial charge in [-0.25, -0.2) is 29.5 Å². The number of pyridine rings is 4. The van der Waals surface area contributed by atoms with Crippen molar-refractivity contribution < 1.29 is 45.8 Å². The van der Waals surface area contributed by atoms with Crippen molar-refractivity contribution in [2.75, 3.05) is 49.1 Å². The minimum Gasteiger partial charge on any atom is -0.465 e. The average Bonchev–Trinajstić information content (AvgIpc) is 1.54. The number of anilines is 2. The molecule has 4 fully saturated rings. The highest BCUT2D eigenvalue weighted by atomic mass is 32.2. The van der Waals surface area contributed by atoms with E-state index in [1.54, 1.807) is 12.4 Å². The van der Waals surface area contributed by atoms with E-state index >= 15 is 0 Å². The molecule has 2 aliphatic carbocycles. The molecule has 2 amide bonds. The van der Waals surface area contributed by atoms with Gasteiger partial charge in [-0.2, -0.15) is 36.3 Å². The van der Waals surface area contributed by atoms with Crippen LogP contribution in [0, 0.1) is 23.7 Å². The molecule has 20 nitrogen and oxygen atoms in total. The van der Waals surface area contributed by atoms with E-state index in [4.69, 9.17) is 9.72 Å². The van der Waals surface area contributed by atoms with Crippen molar-refractivity contribution in [3.63, 3.8) is 0 Å². The second-order valence-electron chi connectivity index (χ2n) is 22.2. The second kappa shape index (κ2) is 24.5. The number of amides is 2. The van der Waals surface area contributed by atoms with Crippen LogP contribution in [0.5, 0.6) is 0 Å². The summed E-state index contributed by atoms with van der Waals surface area (Å²) < 4.78 is 86.1. The number of nitrogens with one attached hydrogen (secondary N) is 3. The molecule has 460 valence electrons. The fraction of sp³-hybridized carbons (Fsp3) is 0.290. The molecule has 0 radical (unpaired) electrons. The second-order valence-corrected chi connectivity index (χ2v) is 24.4. The first kappa shape index (κ1) is 59.5. The van der Waals surface area contributed by atoms with Gasteiger partial charge >= 0.3 is 24.5 Å². The number of H-pyrrole nitrogens is 2. The standard InChI is InChI=1S/2C31H27F3N8O2S/c32-31(33,34)25-22(9-6-13-36-25)45-24-15-37-26-27(39-24)41-28(40-26)42-14-11-20-21(16-42)30(20,23-10-4-5-12-35-23)18-38-29(43)44-17-19-7-2-1-3-8-19;32-31(33,34)25-22(9-6-13-36-25)45-24-15-37-26-27(38-24)40-28(39-26)41-14-11-20-21(17-41)30(20,23-10-4-5-12-35-23)18-42(29(43)44)16-19-7-2-1-3-8-19/h1-10,12-13,15,20-21H,11,14,16-18H2,(H,38,43)(H,37,39,40,41);1-10,12-13,15,20-21H,11,14,16-18H2,(H,43,44)(H,37,38,39,40). The molecule has 10 aromatic rings. The van der Waals surface area contributed by atoms with Crippen molar-refractivity contribution in [2.24, 2.45) is 23.7 Å². The molecule has 10 heterocycles. The van der Waals surface area contributed by atoms with Gasteiger partial charge in [0.15, 0.2) is 34.0 Å². The number of carbonyl (C=O) groups is 2. The molecule has 14 rings (SSSR count). The minimum atomic E-state index is -4.59. The number of ether oxygens (including phenoxy) is 1. The number of alkyl halides is 6. The van der Waals surface area contributed by atoms with E-state index in [0.717, 1.165) is 71.3 Å². The molecule has 6 unspecified atom stereocenters. The van der Waals surface area contributed by atoms with Crippen molar-refractivity contribution in [3.05, 3.63) is 192 Å². The van der Waals surface area contributed by atoms with Crippen LogP contribution in [0.4, 0.5) is 47.8 Å². The lowest BCUT2D eigenvalue weighted by atomic mass is 9.94. The predicted molar refractivity (Wildman–Crippen MR) is 319 cm³/mol. The Labute approximate surface area is 517 Å². The van der Waals surface area contributed by atoms with E-state index in [1.807, 2.05) is 97.1 Å². The number of halogens is 6. The fourth-order valence-electron chi connectivity index (χ4n) is 12.9. The lowest BCUT2D eigenvalue weighted by Gasteiger charge is -2.27. The predicted octanol–water partition coefficient (Wildman–Crippen LogP) is 11.5. The Bertz CT molecular complexity index is 4200. The number of nitrogens with zero attached hydrogens (tertiary/aromatic N) is 13. The molecule has 2 saturated carbocycles. The van der Waals surface area contributed by atoms with Gasteiger partial charge < -0.3 is 39.8 Å². The summed E-state index contributed by atoms with van der Waals surface area (Å²) in [6.45, 7) is 3.82. The molecule has 0 spiro atoms. The quantitative estimate of drug-likeness (QED) is 0.0657. The number of alkyl carbamates (subject to hydrolysis) is 1. The Balaban J connectivity index is 0.000000165. The molecule has 6 atom stereocenters. The van der Waals surface area contributed by atoms with Crippen LogP contribution in [0.3, 0.4) is 0 Å². The summed E-state index contributed by atoms with van der Waals surface area (Å²) >= 11 is 1.68. The molecule has 90 heavy (non-hydrogen) atoms. The van der Waals surface area contributed by atoms with Crippen LogP contribution >= 0.6 is 23.5 Å². The van der Waals surface area contributed by atoms with Gasteiger partial charge in [-0.15, -0.1) is 0 Å². The van der Waals surface area contributed by atoms with Gasteiger partial charge in [-0.1, -0.05) is 96.3 Å². The Kier molecular flexibility index (Phi) is 16.2. The van der Waals surface area contributed by atoms with E-state index < -0.39 is 41.3 Å². The summed E-state index contributed by atoms with van der Waals surface area (Å²) in [5.74, 6) is 2.02. The molecular formula is C62H54F6N16O4S2. The van der Waals surface area contributed by atoms with Crippen molar-refractivity contribution in [3.8, 4) is 0 Å². The Morgan fingerprint density at radius 2 is 1.07 bits per heavy atom. The summed E-state index contributed by atoms with van der Waals surface area (Å²) in [5.41, 5.74) is 2.34. The number of hydrogen-bond donors (Lipinski definition) is 4. The molecule has 28 heteroatoms. The number of hydrogen-bond acceptors (Lipinski definition) is 17. The summed E-state index contributed by atoms with van der Waals surface area (Å²) in [7, 11) is 0. The molecule has 4 N–H and O–H groups in total. The van der Waals surface area contributed by atoms with Crippen LogP contribution in [0.15, 0.2) is 178 Å². The summed E-state index contributed by atoms with van der Waals surface area (Å²) in [6.07, 6.45) is -0.437. The first-order valence-corrected chi connectivity index (χ1v) is 30.3. The number of rotatable bonds is 16. The van der Waals surface area contributed by atoms with Crippen molar-refractivity contribution in [1.29, 1.82) is 0 Å². The van der Waals surface area contributed by atoms with Gasteiger partial charge in [-0.3, -0.25) is 19.9 Å². The first-order chi connectivity index (χ1) is 43.5. The molecule has 4 aliphatic rings. The van der Waals surface area contributed by atoms with Crippen molar-refractivity contribution >= 4 is 70.2 Å². The monoisotopic (exact) mass is 1260 g/mol. The number of carboxylic acid groups (broad SMARTS) is 1. The largest absolute Gasteiger partial charge is 0.465 e.